The molecule has 0 radical (unpaired) electrons. The van der Waals surface area contributed by atoms with E-state index in [1.807, 2.05) is 6.07 Å². The van der Waals surface area contributed by atoms with Gasteiger partial charge in [-0.2, -0.15) is 5.26 Å². The Balaban J connectivity index is 1.69. The molecule has 0 amide bonds. The molecule has 3 aromatic rings. The van der Waals surface area contributed by atoms with E-state index in [-0.39, 0.29) is 5.41 Å². The van der Waals surface area contributed by atoms with Crippen molar-refractivity contribution in [1.82, 2.24) is 14.7 Å². The Labute approximate surface area is 171 Å². The lowest BCUT2D eigenvalue weighted by Gasteiger charge is -2.36. The molecule has 2 fully saturated rings. The third-order valence-electron chi connectivity index (χ3n) is 7.44. The number of hydrogen-bond acceptors (Lipinski definition) is 4. The highest BCUT2D eigenvalue weighted by molar-refractivity contribution is 5.86. The van der Waals surface area contributed by atoms with Crippen LogP contribution < -0.4 is 10.2 Å². The van der Waals surface area contributed by atoms with Crippen LogP contribution in [0.4, 0.5) is 5.82 Å². The van der Waals surface area contributed by atoms with Gasteiger partial charge in [-0.3, -0.25) is 4.40 Å². The molecule has 29 heavy (non-hydrogen) atoms. The number of aromatic nitrogens is 2. The summed E-state index contributed by atoms with van der Waals surface area (Å²) >= 11 is 0. The van der Waals surface area contributed by atoms with Gasteiger partial charge in [-0.15, -0.1) is 0 Å². The normalized spacial score (nSPS) is 25.3. The number of imidazole rings is 1. The molecular formula is C24H27N5. The number of anilines is 1. The summed E-state index contributed by atoms with van der Waals surface area (Å²) in [6, 6.07) is 10.9. The highest BCUT2D eigenvalue weighted by Crippen LogP contribution is 2.44. The quantitative estimate of drug-likeness (QED) is 0.696. The number of nitrogens with zero attached hydrogens (tertiary/aromatic N) is 4. The highest BCUT2D eigenvalue weighted by Gasteiger charge is 2.40. The lowest BCUT2D eigenvalue weighted by Crippen LogP contribution is -2.32. The van der Waals surface area contributed by atoms with E-state index in [9.17, 15) is 5.26 Å². The summed E-state index contributed by atoms with van der Waals surface area (Å²) in [4.78, 5) is 7.55. The van der Waals surface area contributed by atoms with Gasteiger partial charge in [0.1, 0.15) is 11.9 Å². The van der Waals surface area contributed by atoms with Crippen LogP contribution in [0.25, 0.3) is 16.7 Å². The van der Waals surface area contributed by atoms with Crippen molar-refractivity contribution in [2.75, 3.05) is 31.1 Å². The second-order valence-corrected chi connectivity index (χ2v) is 9.95. The molecule has 2 saturated heterocycles. The van der Waals surface area contributed by atoms with Gasteiger partial charge in [0.25, 0.3) is 0 Å². The first-order valence-corrected chi connectivity index (χ1v) is 10.9. The van der Waals surface area contributed by atoms with Gasteiger partial charge in [-0.1, -0.05) is 26.0 Å². The van der Waals surface area contributed by atoms with Gasteiger partial charge in [-0.05, 0) is 59.8 Å². The molecule has 1 unspecified atom stereocenters. The lowest BCUT2D eigenvalue weighted by molar-refractivity contribution is 0.315. The van der Waals surface area contributed by atoms with Crippen molar-refractivity contribution in [3.63, 3.8) is 0 Å². The van der Waals surface area contributed by atoms with E-state index in [0.717, 1.165) is 79.5 Å². The van der Waals surface area contributed by atoms with Crippen LogP contribution in [-0.2, 0) is 12.8 Å². The number of nitriles is 1. The minimum Gasteiger partial charge on any atom is -0.357 e. The third-order valence-corrected chi connectivity index (χ3v) is 7.44. The van der Waals surface area contributed by atoms with Crippen LogP contribution in [-0.4, -0.2) is 35.6 Å². The van der Waals surface area contributed by atoms with Crippen molar-refractivity contribution in [2.45, 2.75) is 33.1 Å². The Morgan fingerprint density at radius 2 is 1.90 bits per heavy atom. The van der Waals surface area contributed by atoms with Crippen LogP contribution in [0, 0.1) is 28.6 Å². The zero-order valence-electron chi connectivity index (χ0n) is 17.2. The minimum absolute atomic E-state index is 0.260. The third kappa shape index (κ3) is 2.45. The smallest absolute Gasteiger partial charge is 0.157 e. The maximum absolute atomic E-state index is 10.1. The predicted molar refractivity (Wildman–Crippen MR) is 115 cm³/mol. The molecule has 6 rings (SSSR count). The van der Waals surface area contributed by atoms with Gasteiger partial charge in [0.05, 0.1) is 16.6 Å². The predicted octanol–water partition coefficient (Wildman–Crippen LogP) is 3.53. The van der Waals surface area contributed by atoms with E-state index >= 15 is 0 Å². The molecule has 1 aromatic carbocycles. The van der Waals surface area contributed by atoms with Crippen LogP contribution in [0.15, 0.2) is 24.3 Å². The number of para-hydroxylation sites is 2. The minimum atomic E-state index is 0.260. The largest absolute Gasteiger partial charge is 0.357 e. The molecule has 3 aliphatic rings. The fourth-order valence-corrected chi connectivity index (χ4v) is 5.93. The van der Waals surface area contributed by atoms with Gasteiger partial charge in [0, 0.05) is 26.2 Å². The molecule has 1 aliphatic carbocycles. The Kier molecular flexibility index (Phi) is 3.56. The molecule has 5 heteroatoms. The molecule has 0 saturated carbocycles. The van der Waals surface area contributed by atoms with Crippen LogP contribution in [0.1, 0.15) is 37.0 Å². The van der Waals surface area contributed by atoms with E-state index in [2.05, 4.69) is 52.7 Å². The molecule has 0 bridgehead atoms. The molecule has 2 aromatic heterocycles. The van der Waals surface area contributed by atoms with Crippen molar-refractivity contribution in [3.05, 3.63) is 41.0 Å². The average molecular weight is 386 g/mol. The highest BCUT2D eigenvalue weighted by atomic mass is 15.3. The summed E-state index contributed by atoms with van der Waals surface area (Å²) in [5.41, 5.74) is 6.63. The van der Waals surface area contributed by atoms with E-state index in [1.54, 1.807) is 0 Å². The zero-order chi connectivity index (χ0) is 19.8. The van der Waals surface area contributed by atoms with E-state index < -0.39 is 0 Å². The van der Waals surface area contributed by atoms with Gasteiger partial charge in [0.15, 0.2) is 5.65 Å². The summed E-state index contributed by atoms with van der Waals surface area (Å²) in [7, 11) is 0. The van der Waals surface area contributed by atoms with Crippen molar-refractivity contribution >= 4 is 22.5 Å². The summed E-state index contributed by atoms with van der Waals surface area (Å²) in [5.74, 6) is 2.76. The maximum atomic E-state index is 10.1. The Bertz CT molecular complexity index is 1170. The van der Waals surface area contributed by atoms with Crippen molar-refractivity contribution in [1.29, 1.82) is 5.26 Å². The summed E-state index contributed by atoms with van der Waals surface area (Å²) in [6.07, 6.45) is 3.12. The SMILES string of the molecule is CC1(C)CCc2c(c(N3CC4CNC[C@@H]4C3)n3c(nc4ccccc43)c2C#N)C1. The molecule has 2 atom stereocenters. The lowest BCUT2D eigenvalue weighted by atomic mass is 9.73. The van der Waals surface area contributed by atoms with Crippen LogP contribution in [0.2, 0.25) is 0 Å². The zero-order valence-corrected chi connectivity index (χ0v) is 17.2. The molecule has 4 heterocycles. The second-order valence-electron chi connectivity index (χ2n) is 9.95. The number of pyridine rings is 1. The standard InChI is InChI=1S/C24H27N5/c1-24(2)8-7-17-18(9-24)23(28-13-15-11-26-12-16(15)14-28)29-21-6-4-3-5-20(21)27-22(29)19(17)10-25/h3-6,15-16,26H,7-9,11-14H2,1-2H3/t15-,16?/m1/s1. The van der Waals surface area contributed by atoms with E-state index in [1.165, 1.54) is 16.9 Å². The first-order valence-electron chi connectivity index (χ1n) is 10.9. The number of nitrogens with one attached hydrogen (secondary N) is 1. The van der Waals surface area contributed by atoms with Crippen LogP contribution in [0.3, 0.4) is 0 Å². The molecule has 1 N–H and O–H groups in total. The summed E-state index contributed by atoms with van der Waals surface area (Å²) in [6.45, 7) is 9.17. The summed E-state index contributed by atoms with van der Waals surface area (Å²) in [5, 5.41) is 13.7. The van der Waals surface area contributed by atoms with Crippen molar-refractivity contribution in [3.8, 4) is 6.07 Å². The topological polar surface area (TPSA) is 56.4 Å². The molecule has 2 aliphatic heterocycles. The molecule has 5 nitrogen and oxygen atoms in total. The monoisotopic (exact) mass is 385 g/mol. The molecule has 148 valence electrons. The Hall–Kier alpha value is -2.58. The molecule has 0 spiro atoms. The number of hydrogen-bond donors (Lipinski definition) is 1. The van der Waals surface area contributed by atoms with Crippen LogP contribution >= 0.6 is 0 Å². The van der Waals surface area contributed by atoms with E-state index in [4.69, 9.17) is 4.98 Å². The average Bonchev–Trinajstić information content (AvgIpc) is 3.38. The fourth-order valence-electron chi connectivity index (χ4n) is 5.93. The van der Waals surface area contributed by atoms with Crippen LogP contribution in [0.5, 0.6) is 0 Å². The first kappa shape index (κ1) is 17.3. The van der Waals surface area contributed by atoms with Crippen molar-refractivity contribution in [2.24, 2.45) is 17.3 Å². The number of rotatable bonds is 1. The number of benzene rings is 1. The first-order chi connectivity index (χ1) is 14.1. The second kappa shape index (κ2) is 5.96. The summed E-state index contributed by atoms with van der Waals surface area (Å²) < 4.78 is 2.31. The fraction of sp³-hybridized carbons (Fsp3) is 0.500. The Morgan fingerprint density at radius 3 is 2.66 bits per heavy atom. The number of fused-ring (bicyclic) bond motifs is 5. The maximum Gasteiger partial charge on any atom is 0.157 e. The van der Waals surface area contributed by atoms with Gasteiger partial charge < -0.3 is 10.2 Å². The van der Waals surface area contributed by atoms with Gasteiger partial charge >= 0.3 is 0 Å². The van der Waals surface area contributed by atoms with Gasteiger partial charge in [-0.25, -0.2) is 4.98 Å². The van der Waals surface area contributed by atoms with Gasteiger partial charge in [0.2, 0.25) is 0 Å². The Morgan fingerprint density at radius 1 is 1.14 bits per heavy atom. The van der Waals surface area contributed by atoms with Crippen molar-refractivity contribution < 1.29 is 0 Å². The molecular weight excluding hydrogens is 358 g/mol. The van der Waals surface area contributed by atoms with E-state index in [0.29, 0.717) is 0 Å².